The monoisotopic (exact) mass is 1370 g/mol. The lowest BCUT2D eigenvalue weighted by molar-refractivity contribution is -0.140. The highest BCUT2D eigenvalue weighted by Gasteiger charge is 2.38. The molecule has 0 aromatic carbocycles. The fourth-order valence-electron chi connectivity index (χ4n) is 8.20. The molecule has 0 saturated carbocycles. The van der Waals surface area contributed by atoms with Crippen molar-refractivity contribution in [2.24, 2.45) is 102 Å². The van der Waals surface area contributed by atoms with Gasteiger partial charge in [0.15, 0.2) is 0 Å². The van der Waals surface area contributed by atoms with Crippen LogP contribution in [-0.4, -0.2) is 286 Å². The molecule has 29 nitrogen and oxygen atoms in total. The third kappa shape index (κ3) is 69.3. The summed E-state index contributed by atoms with van der Waals surface area (Å²) in [7, 11) is 0. The lowest BCUT2D eigenvalue weighted by Crippen LogP contribution is -2.46. The Morgan fingerprint density at radius 2 is 0.351 bits per heavy atom. The highest BCUT2D eigenvalue weighted by atomic mass is 16.5. The maximum Gasteiger partial charge on any atom is 0.0637 e. The molecule has 0 rings (SSSR count). The van der Waals surface area contributed by atoms with Gasteiger partial charge in [-0.15, -0.1) is 0 Å². The number of ether oxygens (including phenoxy) is 15. The Labute approximate surface area is 572 Å². The molecular formula is C65H154N14O15. The number of hydrogen-bond acceptors (Lipinski definition) is 29. The van der Waals surface area contributed by atoms with Gasteiger partial charge in [0.05, 0.1) is 183 Å². The zero-order valence-electron chi connectivity index (χ0n) is 61.8. The van der Waals surface area contributed by atoms with E-state index in [-0.39, 0.29) is 59.2 Å². The lowest BCUT2D eigenvalue weighted by atomic mass is 9.83. The van der Waals surface area contributed by atoms with E-state index in [1.165, 1.54) is 6.42 Å². The molecule has 0 amide bonds. The average Bonchev–Trinajstić information content (AvgIpc) is 0.892. The van der Waals surface area contributed by atoms with Crippen LogP contribution in [0.4, 0.5) is 0 Å². The van der Waals surface area contributed by atoms with Crippen LogP contribution >= 0.6 is 0 Å². The number of rotatable bonds is 64. The van der Waals surface area contributed by atoms with Gasteiger partial charge in [0.2, 0.25) is 0 Å². The van der Waals surface area contributed by atoms with Crippen molar-refractivity contribution in [3.8, 4) is 0 Å². The van der Waals surface area contributed by atoms with Gasteiger partial charge < -0.3 is 151 Å². The van der Waals surface area contributed by atoms with Crippen molar-refractivity contribution >= 4 is 0 Å². The Kier molecular flexibility index (Phi) is 77.4. The summed E-state index contributed by atoms with van der Waals surface area (Å²) >= 11 is 0. The first-order chi connectivity index (χ1) is 44.8. The van der Waals surface area contributed by atoms with Crippen molar-refractivity contribution in [1.82, 2.24) is 0 Å². The largest absolute Gasteiger partial charge is 0.380 e. The highest BCUT2D eigenvalue weighted by molar-refractivity contribution is 4.85. The van der Waals surface area contributed by atoms with Gasteiger partial charge in [-0.25, -0.2) is 0 Å². The van der Waals surface area contributed by atoms with Crippen LogP contribution in [0.15, 0.2) is 0 Å². The lowest BCUT2D eigenvalue weighted by Gasteiger charge is -2.36. The summed E-state index contributed by atoms with van der Waals surface area (Å²) in [6.45, 7) is 39.6. The van der Waals surface area contributed by atoms with Gasteiger partial charge in [-0.2, -0.15) is 0 Å². The first kappa shape index (κ1) is 101. The van der Waals surface area contributed by atoms with E-state index in [0.29, 0.717) is 237 Å². The molecule has 0 saturated heterocycles. The van der Waals surface area contributed by atoms with Crippen LogP contribution in [0.3, 0.4) is 0 Å². The van der Waals surface area contributed by atoms with Gasteiger partial charge in [-0.1, -0.05) is 34.1 Å². The molecule has 0 aromatic heterocycles. The summed E-state index contributed by atoms with van der Waals surface area (Å²) in [6, 6.07) is -0.0229. The van der Waals surface area contributed by atoms with E-state index in [1.807, 2.05) is 69.2 Å². The average molecular weight is 1370 g/mol. The Morgan fingerprint density at radius 1 is 0.213 bits per heavy atom. The topological polar surface area (TPSA) is 503 Å². The number of hydrogen-bond donors (Lipinski definition) is 14. The summed E-state index contributed by atoms with van der Waals surface area (Å²) < 4.78 is 87.3. The standard InChI is InChI=1S/C22H52N6O7.2C19H44N4O4.C3H8.C2H6/c23-1-7-29-13-21(14-30-8-2-24,15-31-9-3-25)19-35-20-22(16-32-10-4-26,17-33-11-5-27)18-34-12-6-28;2*1-15(20)9-24-7-5-19(13-26-11-17(3)22,14-27-12-18(4)23)6-8-25-10-16(2)21;1-3-2;1-2/h1-20,23-28H2;2*15-18H,5-14,20-23H2,1-4H3;3H2,1-2H3;1-2H3. The molecule has 0 spiro atoms. The predicted molar refractivity (Wildman–Crippen MR) is 381 cm³/mol. The predicted octanol–water partition coefficient (Wildman–Crippen LogP) is -0.313. The van der Waals surface area contributed by atoms with Crippen LogP contribution in [0.25, 0.3) is 0 Å². The molecule has 8 unspecified atom stereocenters. The third-order valence-corrected chi connectivity index (χ3v) is 12.6. The smallest absolute Gasteiger partial charge is 0.0637 e. The van der Waals surface area contributed by atoms with Crippen LogP contribution in [0.5, 0.6) is 0 Å². The number of nitrogens with two attached hydrogens (primary N) is 14. The molecule has 29 heteroatoms. The summed E-state index contributed by atoms with van der Waals surface area (Å²) in [4.78, 5) is 0. The molecule has 574 valence electrons. The molecular weight excluding hydrogens is 1220 g/mol. The first-order valence-corrected chi connectivity index (χ1v) is 34.7. The minimum absolute atomic E-state index is 0.0115. The van der Waals surface area contributed by atoms with Gasteiger partial charge >= 0.3 is 0 Å². The summed E-state index contributed by atoms with van der Waals surface area (Å²) in [6.07, 6.45) is 4.36. The van der Waals surface area contributed by atoms with Crippen molar-refractivity contribution in [1.29, 1.82) is 0 Å². The highest BCUT2D eigenvalue weighted by Crippen LogP contribution is 2.31. The summed E-state index contributed by atoms with van der Waals surface area (Å²) in [5, 5.41) is 0. The maximum absolute atomic E-state index is 6.28. The minimum atomic E-state index is -0.584. The molecule has 0 heterocycles. The van der Waals surface area contributed by atoms with Crippen molar-refractivity contribution in [2.45, 2.75) is 164 Å². The summed E-state index contributed by atoms with van der Waals surface area (Å²) in [5.74, 6) is 0. The van der Waals surface area contributed by atoms with Crippen LogP contribution < -0.4 is 80.3 Å². The fraction of sp³-hybridized carbons (Fsp3) is 1.00. The zero-order valence-corrected chi connectivity index (χ0v) is 61.8. The second-order valence-corrected chi connectivity index (χ2v) is 25.4. The second kappa shape index (κ2) is 71.7. The van der Waals surface area contributed by atoms with Gasteiger partial charge in [0.1, 0.15) is 0 Å². The van der Waals surface area contributed by atoms with Crippen molar-refractivity contribution in [2.75, 3.05) is 237 Å². The molecule has 0 aliphatic heterocycles. The van der Waals surface area contributed by atoms with Crippen molar-refractivity contribution < 1.29 is 71.1 Å². The van der Waals surface area contributed by atoms with E-state index in [4.69, 9.17) is 151 Å². The van der Waals surface area contributed by atoms with Crippen molar-refractivity contribution in [3.63, 3.8) is 0 Å². The van der Waals surface area contributed by atoms with E-state index < -0.39 is 10.8 Å². The Hall–Kier alpha value is -1.16. The Morgan fingerprint density at radius 3 is 0.500 bits per heavy atom. The molecule has 0 radical (unpaired) electrons. The molecule has 0 fully saturated rings. The van der Waals surface area contributed by atoms with Crippen LogP contribution in [0, 0.1) is 21.7 Å². The molecule has 0 bridgehead atoms. The molecule has 0 aromatic rings. The van der Waals surface area contributed by atoms with E-state index in [9.17, 15) is 0 Å². The minimum Gasteiger partial charge on any atom is -0.380 e. The molecule has 0 aliphatic carbocycles. The van der Waals surface area contributed by atoms with E-state index >= 15 is 0 Å². The summed E-state index contributed by atoms with van der Waals surface area (Å²) in [5.41, 5.74) is 78.4. The Bertz CT molecular complexity index is 1260. The van der Waals surface area contributed by atoms with Gasteiger partial charge in [0, 0.05) is 125 Å². The fourth-order valence-corrected chi connectivity index (χ4v) is 8.20. The maximum atomic E-state index is 6.28. The van der Waals surface area contributed by atoms with Crippen LogP contribution in [0.2, 0.25) is 0 Å². The third-order valence-electron chi connectivity index (χ3n) is 12.6. The van der Waals surface area contributed by atoms with Gasteiger partial charge in [0.25, 0.3) is 0 Å². The molecule has 0 aliphatic rings. The van der Waals surface area contributed by atoms with Gasteiger partial charge in [-0.05, 0) is 81.1 Å². The quantitative estimate of drug-likeness (QED) is 0.0347. The zero-order chi connectivity index (χ0) is 72.2. The van der Waals surface area contributed by atoms with E-state index in [1.54, 1.807) is 0 Å². The van der Waals surface area contributed by atoms with Crippen LogP contribution in [-0.2, 0) is 71.1 Å². The SMILES string of the molecule is CC.CC(N)COCCC(CCOCC(C)N)(COCC(C)N)COCC(C)N.CC(N)COCCC(CCOCC(C)N)(COCC(C)N)COCC(C)N.CCC.NCCOCC(COCCN)(COCCN)COCC(COCCN)(COCCN)COCCN. The second-order valence-electron chi connectivity index (χ2n) is 25.4. The molecule has 94 heavy (non-hydrogen) atoms. The normalized spacial score (nSPS) is 15.6. The van der Waals surface area contributed by atoms with E-state index in [0.717, 1.165) is 25.7 Å². The van der Waals surface area contributed by atoms with E-state index in [2.05, 4.69) is 13.8 Å². The first-order valence-electron chi connectivity index (χ1n) is 34.7. The van der Waals surface area contributed by atoms with Crippen LogP contribution in [0.1, 0.15) is 115 Å². The van der Waals surface area contributed by atoms with Gasteiger partial charge in [-0.3, -0.25) is 0 Å². The Balaban J connectivity index is -0.000000411. The van der Waals surface area contributed by atoms with Crippen molar-refractivity contribution in [3.05, 3.63) is 0 Å². The molecule has 28 N–H and O–H groups in total. The molecule has 8 atom stereocenters.